The lowest BCUT2D eigenvalue weighted by molar-refractivity contribution is 0.0622. The molecule has 0 saturated carbocycles. The zero-order valence-corrected chi connectivity index (χ0v) is 7.21. The molecule has 1 heterocycles. The average molecular weight is 160 g/mol. The van der Waals surface area contributed by atoms with Crippen molar-refractivity contribution in [1.82, 2.24) is 0 Å². The molecule has 0 N–H and O–H groups in total. The highest BCUT2D eigenvalue weighted by atomic mass is 16.6. The van der Waals surface area contributed by atoms with Gasteiger partial charge in [0.2, 0.25) is 0 Å². The van der Waals surface area contributed by atoms with E-state index in [0.717, 1.165) is 13.0 Å². The molecule has 0 spiro atoms. The van der Waals surface area contributed by atoms with Gasteiger partial charge < -0.3 is 14.2 Å². The van der Waals surface area contributed by atoms with Crippen molar-refractivity contribution >= 4 is 0 Å². The molecule has 0 aromatic carbocycles. The largest absolute Gasteiger partial charge is 0.382 e. The van der Waals surface area contributed by atoms with Gasteiger partial charge in [0.1, 0.15) is 6.10 Å². The molecule has 0 aromatic heterocycles. The maximum Gasteiger partial charge on any atom is 0.107 e. The van der Waals surface area contributed by atoms with Crippen LogP contribution in [0.5, 0.6) is 0 Å². The highest BCUT2D eigenvalue weighted by Crippen LogP contribution is 2.24. The lowest BCUT2D eigenvalue weighted by atomic mass is 10.3. The summed E-state index contributed by atoms with van der Waals surface area (Å²) in [6, 6.07) is 0. The third kappa shape index (κ3) is 3.18. The molecule has 11 heavy (non-hydrogen) atoms. The minimum Gasteiger partial charge on any atom is -0.382 e. The molecule has 0 aromatic rings. The van der Waals surface area contributed by atoms with E-state index in [1.165, 1.54) is 0 Å². The van der Waals surface area contributed by atoms with Gasteiger partial charge in [0.05, 0.1) is 25.9 Å². The molecule has 1 saturated heterocycles. The fraction of sp³-hybridized carbons (Fsp3) is 1.00. The molecule has 66 valence electrons. The van der Waals surface area contributed by atoms with E-state index < -0.39 is 0 Å². The summed E-state index contributed by atoms with van der Waals surface area (Å²) in [7, 11) is 1.67. The number of ether oxygens (including phenoxy) is 3. The molecule has 0 aliphatic carbocycles. The van der Waals surface area contributed by atoms with E-state index in [9.17, 15) is 0 Å². The smallest absolute Gasteiger partial charge is 0.107 e. The van der Waals surface area contributed by atoms with E-state index in [1.807, 2.05) is 0 Å². The normalized spacial score (nSPS) is 28.9. The van der Waals surface area contributed by atoms with Gasteiger partial charge in [-0.15, -0.1) is 0 Å². The summed E-state index contributed by atoms with van der Waals surface area (Å²) >= 11 is 0. The Kier molecular flexibility index (Phi) is 3.83. The third-order valence-electron chi connectivity index (χ3n) is 1.80. The summed E-state index contributed by atoms with van der Waals surface area (Å²) in [5.41, 5.74) is 0. The molecule has 1 aliphatic heterocycles. The quantitative estimate of drug-likeness (QED) is 0.426. The standard InChI is InChI=1S/C8H16O3/c1-3-7-8(11-7)6-10-5-4-9-2/h7-8H,3-6H2,1-2H3. The first-order valence-corrected chi connectivity index (χ1v) is 4.10. The molecule has 0 amide bonds. The van der Waals surface area contributed by atoms with Crippen molar-refractivity contribution in [2.75, 3.05) is 26.9 Å². The highest BCUT2D eigenvalue weighted by molar-refractivity contribution is 4.82. The molecule has 3 heteroatoms. The second-order valence-corrected chi connectivity index (χ2v) is 2.69. The fourth-order valence-corrected chi connectivity index (χ4v) is 1.03. The summed E-state index contributed by atoms with van der Waals surface area (Å²) in [5.74, 6) is 0. The van der Waals surface area contributed by atoms with E-state index in [2.05, 4.69) is 6.92 Å². The van der Waals surface area contributed by atoms with Gasteiger partial charge in [-0.3, -0.25) is 0 Å². The number of hydrogen-bond donors (Lipinski definition) is 0. The van der Waals surface area contributed by atoms with Gasteiger partial charge >= 0.3 is 0 Å². The van der Waals surface area contributed by atoms with Crippen molar-refractivity contribution in [3.8, 4) is 0 Å². The predicted octanol–water partition coefficient (Wildman–Crippen LogP) is 0.827. The Balaban J connectivity index is 1.82. The molecular formula is C8H16O3. The monoisotopic (exact) mass is 160 g/mol. The van der Waals surface area contributed by atoms with Gasteiger partial charge in [-0.05, 0) is 6.42 Å². The third-order valence-corrected chi connectivity index (χ3v) is 1.80. The molecule has 1 aliphatic rings. The fourth-order valence-electron chi connectivity index (χ4n) is 1.03. The maximum atomic E-state index is 5.28. The molecule has 2 unspecified atom stereocenters. The number of methoxy groups -OCH3 is 1. The van der Waals surface area contributed by atoms with Crippen LogP contribution in [0.3, 0.4) is 0 Å². The van der Waals surface area contributed by atoms with Crippen LogP contribution in [0.1, 0.15) is 13.3 Å². The Morgan fingerprint density at radius 3 is 2.64 bits per heavy atom. The van der Waals surface area contributed by atoms with Crippen molar-refractivity contribution in [3.05, 3.63) is 0 Å². The van der Waals surface area contributed by atoms with E-state index in [4.69, 9.17) is 14.2 Å². The molecule has 2 atom stereocenters. The predicted molar refractivity (Wildman–Crippen MR) is 41.6 cm³/mol. The highest BCUT2D eigenvalue weighted by Gasteiger charge is 2.36. The van der Waals surface area contributed by atoms with E-state index >= 15 is 0 Å². The first-order chi connectivity index (χ1) is 5.38. The lowest BCUT2D eigenvalue weighted by Crippen LogP contribution is -2.08. The van der Waals surface area contributed by atoms with Crippen LogP contribution in [0.2, 0.25) is 0 Å². The van der Waals surface area contributed by atoms with Gasteiger partial charge in [0.15, 0.2) is 0 Å². The van der Waals surface area contributed by atoms with Crippen molar-refractivity contribution in [3.63, 3.8) is 0 Å². The minimum atomic E-state index is 0.358. The van der Waals surface area contributed by atoms with Crippen LogP contribution in [-0.2, 0) is 14.2 Å². The lowest BCUT2D eigenvalue weighted by Gasteiger charge is -1.99. The summed E-state index contributed by atoms with van der Waals surface area (Å²) in [6.07, 6.45) is 1.91. The Hall–Kier alpha value is -0.120. The second kappa shape index (κ2) is 4.70. The van der Waals surface area contributed by atoms with Crippen LogP contribution in [0, 0.1) is 0 Å². The number of hydrogen-bond acceptors (Lipinski definition) is 3. The molecule has 0 bridgehead atoms. The Morgan fingerprint density at radius 1 is 1.27 bits per heavy atom. The van der Waals surface area contributed by atoms with E-state index in [0.29, 0.717) is 25.4 Å². The molecule has 3 nitrogen and oxygen atoms in total. The van der Waals surface area contributed by atoms with Crippen LogP contribution in [-0.4, -0.2) is 39.1 Å². The topological polar surface area (TPSA) is 31.0 Å². The maximum absolute atomic E-state index is 5.28. The van der Waals surface area contributed by atoms with Crippen molar-refractivity contribution in [1.29, 1.82) is 0 Å². The van der Waals surface area contributed by atoms with Crippen molar-refractivity contribution < 1.29 is 14.2 Å². The van der Waals surface area contributed by atoms with E-state index in [1.54, 1.807) is 7.11 Å². The molecule has 1 rings (SSSR count). The second-order valence-electron chi connectivity index (χ2n) is 2.69. The van der Waals surface area contributed by atoms with Crippen LogP contribution < -0.4 is 0 Å². The molecule has 1 fully saturated rings. The van der Waals surface area contributed by atoms with Crippen molar-refractivity contribution in [2.24, 2.45) is 0 Å². The zero-order chi connectivity index (χ0) is 8.10. The van der Waals surface area contributed by atoms with E-state index in [-0.39, 0.29) is 0 Å². The van der Waals surface area contributed by atoms with Crippen molar-refractivity contribution in [2.45, 2.75) is 25.6 Å². The minimum absolute atomic E-state index is 0.358. The van der Waals surface area contributed by atoms with Crippen LogP contribution in [0.25, 0.3) is 0 Å². The number of rotatable bonds is 6. The Bertz CT molecular complexity index is 106. The summed E-state index contributed by atoms with van der Waals surface area (Å²) in [5, 5.41) is 0. The van der Waals surface area contributed by atoms with Gasteiger partial charge in [0, 0.05) is 7.11 Å². The first kappa shape index (κ1) is 8.97. The summed E-state index contributed by atoms with van der Waals surface area (Å²) in [4.78, 5) is 0. The van der Waals surface area contributed by atoms with Crippen LogP contribution >= 0.6 is 0 Å². The van der Waals surface area contributed by atoms with Gasteiger partial charge in [-0.1, -0.05) is 6.92 Å². The Labute approximate surface area is 67.6 Å². The van der Waals surface area contributed by atoms with Crippen LogP contribution in [0.4, 0.5) is 0 Å². The van der Waals surface area contributed by atoms with Gasteiger partial charge in [-0.25, -0.2) is 0 Å². The summed E-state index contributed by atoms with van der Waals surface area (Å²) < 4.78 is 15.4. The molecule has 0 radical (unpaired) electrons. The average Bonchev–Trinajstić information content (AvgIpc) is 2.77. The summed E-state index contributed by atoms with van der Waals surface area (Å²) in [6.45, 7) is 4.19. The Morgan fingerprint density at radius 2 is 2.09 bits per heavy atom. The van der Waals surface area contributed by atoms with Gasteiger partial charge in [-0.2, -0.15) is 0 Å². The van der Waals surface area contributed by atoms with Crippen LogP contribution in [0.15, 0.2) is 0 Å². The SMILES string of the molecule is CCC1OC1COCCOC. The number of epoxide rings is 1. The molecular weight excluding hydrogens is 144 g/mol. The van der Waals surface area contributed by atoms with Gasteiger partial charge in [0.25, 0.3) is 0 Å². The first-order valence-electron chi connectivity index (χ1n) is 4.10. The zero-order valence-electron chi connectivity index (χ0n) is 7.21.